The molecule has 0 aliphatic rings. The second-order valence-electron chi connectivity index (χ2n) is 3.19. The summed E-state index contributed by atoms with van der Waals surface area (Å²) in [5, 5.41) is 0.107. The van der Waals surface area contributed by atoms with E-state index in [9.17, 15) is 8.42 Å². The van der Waals surface area contributed by atoms with Crippen LogP contribution in [0.3, 0.4) is 0 Å². The summed E-state index contributed by atoms with van der Waals surface area (Å²) in [6, 6.07) is 0. The third-order valence-electron chi connectivity index (χ3n) is 1.91. The van der Waals surface area contributed by atoms with E-state index in [1.54, 1.807) is 6.92 Å². The van der Waals surface area contributed by atoms with Crippen molar-refractivity contribution in [3.8, 4) is 0 Å². The molecule has 0 saturated heterocycles. The number of alkyl halides is 1. The van der Waals surface area contributed by atoms with Crippen LogP contribution in [0.15, 0.2) is 11.2 Å². The summed E-state index contributed by atoms with van der Waals surface area (Å²) in [5.41, 5.74) is 0. The molecule has 0 saturated carbocycles. The fourth-order valence-corrected chi connectivity index (χ4v) is 2.38. The number of imidazole rings is 1. The monoisotopic (exact) mass is 295 g/mol. The molecule has 0 aliphatic heterocycles. The van der Waals surface area contributed by atoms with Gasteiger partial charge < -0.3 is 4.98 Å². The highest BCUT2D eigenvalue weighted by molar-refractivity contribution is 9.09. The minimum Gasteiger partial charge on any atom is -0.332 e. The van der Waals surface area contributed by atoms with Crippen LogP contribution in [0, 0.1) is 6.92 Å². The number of hydrogen-bond acceptors (Lipinski definition) is 3. The van der Waals surface area contributed by atoms with Gasteiger partial charge in [0.1, 0.15) is 5.82 Å². The Morgan fingerprint density at radius 1 is 1.67 bits per heavy atom. The van der Waals surface area contributed by atoms with Crippen molar-refractivity contribution in [2.24, 2.45) is 0 Å². The average molecular weight is 296 g/mol. The quantitative estimate of drug-likeness (QED) is 0.801. The van der Waals surface area contributed by atoms with Crippen molar-refractivity contribution in [1.29, 1.82) is 0 Å². The first-order valence-electron chi connectivity index (χ1n) is 4.61. The van der Waals surface area contributed by atoms with Gasteiger partial charge in [-0.15, -0.1) is 0 Å². The van der Waals surface area contributed by atoms with Crippen LogP contribution in [-0.2, 0) is 10.0 Å². The van der Waals surface area contributed by atoms with Crippen molar-refractivity contribution in [3.63, 3.8) is 0 Å². The molecule has 0 aliphatic carbocycles. The zero-order valence-corrected chi connectivity index (χ0v) is 11.0. The summed E-state index contributed by atoms with van der Waals surface area (Å²) < 4.78 is 25.8. The van der Waals surface area contributed by atoms with Crippen LogP contribution in [0.25, 0.3) is 0 Å². The van der Waals surface area contributed by atoms with Gasteiger partial charge in [-0.1, -0.05) is 22.9 Å². The summed E-state index contributed by atoms with van der Waals surface area (Å²) in [7, 11) is -3.44. The highest BCUT2D eigenvalue weighted by Gasteiger charge is 2.16. The second-order valence-corrected chi connectivity index (χ2v) is 6.22. The summed E-state index contributed by atoms with van der Waals surface area (Å²) in [5.74, 6) is 0.584. The molecule has 1 aromatic heterocycles. The molecule has 0 aromatic carbocycles. The van der Waals surface area contributed by atoms with Crippen LogP contribution in [-0.4, -0.2) is 29.8 Å². The molecule has 1 heterocycles. The molecular formula is C8H14BrN3O2S. The van der Waals surface area contributed by atoms with Gasteiger partial charge in [0, 0.05) is 11.4 Å². The van der Waals surface area contributed by atoms with Crippen LogP contribution < -0.4 is 4.72 Å². The van der Waals surface area contributed by atoms with Crippen molar-refractivity contribution in [1.82, 2.24) is 14.7 Å². The standard InChI is InChI=1S/C8H14BrN3O2S/c1-3-7(9)4-11-15(13,14)8-5-10-6(2)12-8/h5,7,11H,3-4H2,1-2H3,(H,10,12). The van der Waals surface area contributed by atoms with Crippen molar-refractivity contribution in [2.75, 3.05) is 6.54 Å². The first kappa shape index (κ1) is 12.7. The number of nitrogens with zero attached hydrogens (tertiary/aromatic N) is 1. The lowest BCUT2D eigenvalue weighted by Crippen LogP contribution is -2.29. The molecule has 0 radical (unpaired) electrons. The smallest absolute Gasteiger partial charge is 0.257 e. The predicted molar refractivity (Wildman–Crippen MR) is 61.5 cm³/mol. The van der Waals surface area contributed by atoms with Crippen molar-refractivity contribution < 1.29 is 8.42 Å². The summed E-state index contributed by atoms with van der Waals surface area (Å²) in [6.45, 7) is 4.06. The fraction of sp³-hybridized carbons (Fsp3) is 0.625. The normalized spacial score (nSPS) is 14.1. The zero-order chi connectivity index (χ0) is 11.5. The molecule has 0 spiro atoms. The van der Waals surface area contributed by atoms with E-state index in [1.807, 2.05) is 6.92 Å². The lowest BCUT2D eigenvalue weighted by molar-refractivity contribution is 0.576. The van der Waals surface area contributed by atoms with Crippen LogP contribution in [0.5, 0.6) is 0 Å². The molecule has 1 atom stereocenters. The highest BCUT2D eigenvalue weighted by Crippen LogP contribution is 2.07. The molecule has 1 unspecified atom stereocenters. The van der Waals surface area contributed by atoms with E-state index in [0.29, 0.717) is 12.4 Å². The first-order valence-corrected chi connectivity index (χ1v) is 7.01. The molecule has 1 rings (SSSR count). The molecule has 0 fully saturated rings. The van der Waals surface area contributed by atoms with E-state index in [4.69, 9.17) is 0 Å². The number of nitrogens with one attached hydrogen (secondary N) is 2. The number of rotatable bonds is 5. The van der Waals surface area contributed by atoms with Crippen molar-refractivity contribution in [3.05, 3.63) is 12.0 Å². The maximum atomic E-state index is 11.7. The Bertz CT molecular complexity index is 415. The van der Waals surface area contributed by atoms with Crippen LogP contribution in [0.1, 0.15) is 19.2 Å². The van der Waals surface area contributed by atoms with Gasteiger partial charge >= 0.3 is 0 Å². The maximum absolute atomic E-state index is 11.7. The summed E-state index contributed by atoms with van der Waals surface area (Å²) in [6.07, 6.45) is 2.18. The minimum absolute atomic E-state index is 0.107. The Morgan fingerprint density at radius 3 is 2.80 bits per heavy atom. The third kappa shape index (κ3) is 3.58. The van der Waals surface area contributed by atoms with E-state index >= 15 is 0 Å². The second kappa shape index (κ2) is 5.09. The van der Waals surface area contributed by atoms with E-state index in [0.717, 1.165) is 6.42 Å². The molecule has 0 bridgehead atoms. The highest BCUT2D eigenvalue weighted by atomic mass is 79.9. The van der Waals surface area contributed by atoms with Crippen LogP contribution in [0.4, 0.5) is 0 Å². The maximum Gasteiger partial charge on any atom is 0.257 e. The van der Waals surface area contributed by atoms with Crippen LogP contribution >= 0.6 is 15.9 Å². The van der Waals surface area contributed by atoms with E-state index in [2.05, 4.69) is 30.6 Å². The Morgan fingerprint density at radius 2 is 2.33 bits per heavy atom. The van der Waals surface area contributed by atoms with Gasteiger partial charge in [0.2, 0.25) is 0 Å². The van der Waals surface area contributed by atoms with Gasteiger partial charge in [-0.25, -0.2) is 18.1 Å². The molecule has 2 N–H and O–H groups in total. The SMILES string of the molecule is CCC(Br)CNS(=O)(=O)c1cnc(C)[nH]1. The molecule has 15 heavy (non-hydrogen) atoms. The van der Waals surface area contributed by atoms with E-state index < -0.39 is 10.0 Å². The summed E-state index contributed by atoms with van der Waals surface area (Å²) in [4.78, 5) is 6.67. The Labute approximate surface area is 97.9 Å². The number of aromatic nitrogens is 2. The van der Waals surface area contributed by atoms with E-state index in [1.165, 1.54) is 6.20 Å². The van der Waals surface area contributed by atoms with Gasteiger partial charge in [-0.2, -0.15) is 0 Å². The summed E-state index contributed by atoms with van der Waals surface area (Å²) >= 11 is 3.35. The lowest BCUT2D eigenvalue weighted by atomic mass is 10.3. The van der Waals surface area contributed by atoms with Gasteiger partial charge in [0.05, 0.1) is 6.20 Å². The zero-order valence-electron chi connectivity index (χ0n) is 8.62. The largest absolute Gasteiger partial charge is 0.332 e. The molecule has 1 aromatic rings. The molecule has 0 amide bonds. The minimum atomic E-state index is -3.44. The lowest BCUT2D eigenvalue weighted by Gasteiger charge is -2.07. The van der Waals surface area contributed by atoms with Crippen LogP contribution in [0.2, 0.25) is 0 Å². The Hall–Kier alpha value is -0.400. The number of H-pyrrole nitrogens is 1. The van der Waals surface area contributed by atoms with Gasteiger partial charge in [0.15, 0.2) is 5.03 Å². The van der Waals surface area contributed by atoms with Crippen molar-refractivity contribution in [2.45, 2.75) is 30.1 Å². The number of sulfonamides is 1. The molecule has 5 nitrogen and oxygen atoms in total. The predicted octanol–water partition coefficient (Wildman–Crippen LogP) is 1.17. The molecule has 86 valence electrons. The average Bonchev–Trinajstić information content (AvgIpc) is 2.62. The third-order valence-corrected chi connectivity index (χ3v) is 4.21. The number of hydrogen-bond donors (Lipinski definition) is 2. The van der Waals surface area contributed by atoms with E-state index in [-0.39, 0.29) is 9.85 Å². The topological polar surface area (TPSA) is 74.8 Å². The number of halogens is 1. The number of aryl methyl sites for hydroxylation is 1. The fourth-order valence-electron chi connectivity index (χ4n) is 0.957. The van der Waals surface area contributed by atoms with Crippen molar-refractivity contribution >= 4 is 26.0 Å². The Balaban J connectivity index is 2.68. The molecular weight excluding hydrogens is 282 g/mol. The molecule has 7 heteroatoms. The van der Waals surface area contributed by atoms with Gasteiger partial charge in [-0.05, 0) is 13.3 Å². The van der Waals surface area contributed by atoms with Gasteiger partial charge in [-0.3, -0.25) is 0 Å². The Kier molecular flexibility index (Phi) is 4.30. The first-order chi connectivity index (χ1) is 6.95. The van der Waals surface area contributed by atoms with Gasteiger partial charge in [0.25, 0.3) is 10.0 Å². The number of aromatic amines is 1.